The van der Waals surface area contributed by atoms with Crippen LogP contribution in [0.4, 0.5) is 10.5 Å². The molecule has 0 aliphatic rings. The van der Waals surface area contributed by atoms with E-state index in [2.05, 4.69) is 10.6 Å². The summed E-state index contributed by atoms with van der Waals surface area (Å²) < 4.78 is 15.5. The highest BCUT2D eigenvalue weighted by Crippen LogP contribution is 2.35. The predicted octanol–water partition coefficient (Wildman–Crippen LogP) is 3.73. The second-order valence-electron chi connectivity index (χ2n) is 5.17. The first-order valence-electron chi connectivity index (χ1n) is 7.66. The molecule has 0 aliphatic carbocycles. The molecule has 2 aromatic rings. The average Bonchev–Trinajstić information content (AvgIpc) is 2.62. The van der Waals surface area contributed by atoms with Crippen molar-refractivity contribution in [3.05, 3.63) is 47.0 Å². The minimum Gasteiger partial charge on any atom is -0.497 e. The van der Waals surface area contributed by atoms with Crippen molar-refractivity contribution in [1.82, 2.24) is 5.32 Å². The summed E-state index contributed by atoms with van der Waals surface area (Å²) in [4.78, 5) is 12.1. The minimum atomic E-state index is -0.340. The van der Waals surface area contributed by atoms with Crippen LogP contribution in [0.3, 0.4) is 0 Å². The van der Waals surface area contributed by atoms with Gasteiger partial charge in [0.05, 0.1) is 32.0 Å². The van der Waals surface area contributed by atoms with Crippen molar-refractivity contribution in [3.8, 4) is 17.2 Å². The van der Waals surface area contributed by atoms with E-state index >= 15 is 0 Å². The number of hydrogen-bond donors (Lipinski definition) is 2. The largest absolute Gasteiger partial charge is 0.497 e. The molecule has 134 valence electrons. The monoisotopic (exact) mass is 364 g/mol. The Hall–Kier alpha value is -2.60. The Kier molecular flexibility index (Phi) is 6.77. The minimum absolute atomic E-state index is 0.340. The zero-order chi connectivity index (χ0) is 18.2. The first-order chi connectivity index (χ1) is 12.1. The van der Waals surface area contributed by atoms with E-state index in [4.69, 9.17) is 25.8 Å². The van der Waals surface area contributed by atoms with E-state index in [0.29, 0.717) is 35.2 Å². The van der Waals surface area contributed by atoms with Gasteiger partial charge in [-0.3, -0.25) is 0 Å². The third-order valence-electron chi connectivity index (χ3n) is 3.58. The van der Waals surface area contributed by atoms with Crippen LogP contribution in [0.15, 0.2) is 36.4 Å². The summed E-state index contributed by atoms with van der Waals surface area (Å²) in [5, 5.41) is 5.91. The van der Waals surface area contributed by atoms with Crippen LogP contribution < -0.4 is 24.8 Å². The highest BCUT2D eigenvalue weighted by atomic mass is 35.5. The molecule has 0 saturated carbocycles. The maximum atomic E-state index is 12.1. The number of hydrogen-bond acceptors (Lipinski definition) is 4. The quantitative estimate of drug-likeness (QED) is 0.785. The van der Waals surface area contributed by atoms with Gasteiger partial charge in [-0.25, -0.2) is 4.79 Å². The molecule has 0 fully saturated rings. The Bertz CT molecular complexity index is 720. The topological polar surface area (TPSA) is 68.8 Å². The summed E-state index contributed by atoms with van der Waals surface area (Å²) in [6, 6.07) is 10.6. The van der Waals surface area contributed by atoms with Gasteiger partial charge in [0, 0.05) is 12.6 Å². The molecule has 25 heavy (non-hydrogen) atoms. The number of methoxy groups -OCH3 is 3. The van der Waals surface area contributed by atoms with Gasteiger partial charge in [0.25, 0.3) is 0 Å². The molecule has 2 rings (SSSR count). The fourth-order valence-electron chi connectivity index (χ4n) is 2.24. The Labute approximate surface area is 152 Å². The van der Waals surface area contributed by atoms with Crippen LogP contribution in [0.5, 0.6) is 17.2 Å². The molecule has 0 aromatic heterocycles. The maximum Gasteiger partial charge on any atom is 0.319 e. The average molecular weight is 365 g/mol. The molecule has 2 N–H and O–H groups in total. The van der Waals surface area contributed by atoms with Crippen molar-refractivity contribution < 1.29 is 19.0 Å². The first-order valence-corrected chi connectivity index (χ1v) is 8.04. The van der Waals surface area contributed by atoms with Crippen molar-refractivity contribution in [2.45, 2.75) is 6.42 Å². The van der Waals surface area contributed by atoms with Gasteiger partial charge in [-0.05, 0) is 30.2 Å². The second-order valence-corrected chi connectivity index (χ2v) is 5.57. The number of rotatable bonds is 7. The molecule has 0 atom stereocenters. The molecule has 0 bridgehead atoms. The lowest BCUT2D eigenvalue weighted by Gasteiger charge is -2.13. The molecule has 2 aromatic carbocycles. The lowest BCUT2D eigenvalue weighted by atomic mass is 10.1. The van der Waals surface area contributed by atoms with Crippen LogP contribution in [0.2, 0.25) is 5.02 Å². The zero-order valence-corrected chi connectivity index (χ0v) is 15.1. The molecule has 2 amide bonds. The fraction of sp³-hybridized carbons (Fsp3) is 0.278. The van der Waals surface area contributed by atoms with Gasteiger partial charge in [0.2, 0.25) is 0 Å². The standard InChI is InChI=1S/C18H21ClN2O4/c1-23-13-6-4-12(5-7-13)8-9-20-18(22)21-15-10-14(19)16(24-2)11-17(15)25-3/h4-7,10-11H,8-9H2,1-3H3,(H2,20,21,22). The number of benzene rings is 2. The summed E-state index contributed by atoms with van der Waals surface area (Å²) in [5.74, 6) is 1.74. The maximum absolute atomic E-state index is 12.1. The third kappa shape index (κ3) is 5.19. The number of anilines is 1. The number of halogens is 1. The van der Waals surface area contributed by atoms with E-state index in [1.807, 2.05) is 24.3 Å². The molecule has 0 radical (unpaired) electrons. The van der Waals surface area contributed by atoms with Crippen molar-refractivity contribution in [2.24, 2.45) is 0 Å². The zero-order valence-electron chi connectivity index (χ0n) is 14.4. The van der Waals surface area contributed by atoms with Crippen LogP contribution in [-0.4, -0.2) is 33.9 Å². The Morgan fingerprint density at radius 1 is 1.00 bits per heavy atom. The van der Waals surface area contributed by atoms with Crippen molar-refractivity contribution in [2.75, 3.05) is 33.2 Å². The van der Waals surface area contributed by atoms with Crippen LogP contribution in [0.1, 0.15) is 5.56 Å². The number of urea groups is 1. The molecule has 0 heterocycles. The smallest absolute Gasteiger partial charge is 0.319 e. The summed E-state index contributed by atoms with van der Waals surface area (Å²) in [6.07, 6.45) is 0.706. The molecule has 0 unspecified atom stereocenters. The van der Waals surface area contributed by atoms with Crippen molar-refractivity contribution in [3.63, 3.8) is 0 Å². The van der Waals surface area contributed by atoms with Crippen LogP contribution >= 0.6 is 11.6 Å². The Morgan fingerprint density at radius 3 is 2.28 bits per heavy atom. The molecular formula is C18H21ClN2O4. The van der Waals surface area contributed by atoms with E-state index < -0.39 is 0 Å². The molecule has 0 spiro atoms. The van der Waals surface area contributed by atoms with Gasteiger partial charge >= 0.3 is 6.03 Å². The molecule has 0 saturated heterocycles. The van der Waals surface area contributed by atoms with E-state index in [0.717, 1.165) is 11.3 Å². The van der Waals surface area contributed by atoms with Gasteiger partial charge < -0.3 is 24.8 Å². The van der Waals surface area contributed by atoms with Gasteiger partial charge in [-0.1, -0.05) is 23.7 Å². The number of amides is 2. The lowest BCUT2D eigenvalue weighted by molar-refractivity contribution is 0.252. The predicted molar refractivity (Wildman–Crippen MR) is 98.3 cm³/mol. The van der Waals surface area contributed by atoms with E-state index in [9.17, 15) is 4.79 Å². The Balaban J connectivity index is 1.90. The van der Waals surface area contributed by atoms with Crippen LogP contribution in [0, 0.1) is 0 Å². The van der Waals surface area contributed by atoms with E-state index in [1.165, 1.54) is 14.2 Å². The molecular weight excluding hydrogens is 344 g/mol. The van der Waals surface area contributed by atoms with Crippen molar-refractivity contribution in [1.29, 1.82) is 0 Å². The Morgan fingerprint density at radius 2 is 1.68 bits per heavy atom. The number of carbonyl (C=O) groups is 1. The van der Waals surface area contributed by atoms with Crippen LogP contribution in [-0.2, 0) is 6.42 Å². The molecule has 0 aliphatic heterocycles. The van der Waals surface area contributed by atoms with Gasteiger partial charge in [-0.15, -0.1) is 0 Å². The molecule has 6 nitrogen and oxygen atoms in total. The summed E-state index contributed by atoms with van der Waals surface area (Å²) in [7, 11) is 4.65. The van der Waals surface area contributed by atoms with E-state index in [1.54, 1.807) is 19.2 Å². The summed E-state index contributed by atoms with van der Waals surface area (Å²) in [6.45, 7) is 0.490. The highest BCUT2D eigenvalue weighted by molar-refractivity contribution is 6.32. The third-order valence-corrected chi connectivity index (χ3v) is 3.88. The molecule has 7 heteroatoms. The summed E-state index contributed by atoms with van der Waals surface area (Å²) >= 11 is 6.09. The van der Waals surface area contributed by atoms with Crippen LogP contribution in [0.25, 0.3) is 0 Å². The van der Waals surface area contributed by atoms with Gasteiger partial charge in [-0.2, -0.15) is 0 Å². The lowest BCUT2D eigenvalue weighted by Crippen LogP contribution is -2.30. The second kappa shape index (κ2) is 9.03. The van der Waals surface area contributed by atoms with Crippen molar-refractivity contribution >= 4 is 23.3 Å². The summed E-state index contributed by atoms with van der Waals surface area (Å²) in [5.41, 5.74) is 1.57. The van der Waals surface area contributed by atoms with Gasteiger partial charge in [0.15, 0.2) is 0 Å². The highest BCUT2D eigenvalue weighted by Gasteiger charge is 2.12. The number of ether oxygens (including phenoxy) is 3. The number of carbonyl (C=O) groups excluding carboxylic acids is 1. The van der Waals surface area contributed by atoms with E-state index in [-0.39, 0.29) is 6.03 Å². The number of nitrogens with one attached hydrogen (secondary N) is 2. The first kappa shape index (κ1) is 18.7. The fourth-order valence-corrected chi connectivity index (χ4v) is 2.48. The SMILES string of the molecule is COc1ccc(CCNC(=O)Nc2cc(Cl)c(OC)cc2OC)cc1. The van der Waals surface area contributed by atoms with Gasteiger partial charge in [0.1, 0.15) is 17.2 Å². The normalized spacial score (nSPS) is 10.1.